The fourth-order valence-electron chi connectivity index (χ4n) is 1.63. The van der Waals surface area contributed by atoms with E-state index in [1.807, 2.05) is 39.0 Å². The molecule has 0 aliphatic rings. The van der Waals surface area contributed by atoms with Crippen molar-refractivity contribution >= 4 is 0 Å². The van der Waals surface area contributed by atoms with E-state index in [0.29, 0.717) is 6.61 Å². The molecule has 90 valence electrons. The predicted octanol–water partition coefficient (Wildman–Crippen LogP) is 2.37. The van der Waals surface area contributed by atoms with Crippen molar-refractivity contribution in [2.45, 2.75) is 32.7 Å². The molecule has 3 heteroatoms. The summed E-state index contributed by atoms with van der Waals surface area (Å²) in [5, 5.41) is 0. The molecule has 0 spiro atoms. The SMILES string of the molecule is CCOc1cc(CC(C)(C)N)ccc1OC. The largest absolute Gasteiger partial charge is 0.493 e. The molecule has 16 heavy (non-hydrogen) atoms. The Hall–Kier alpha value is -1.22. The van der Waals surface area contributed by atoms with E-state index in [2.05, 4.69) is 0 Å². The summed E-state index contributed by atoms with van der Waals surface area (Å²) in [6.45, 7) is 6.61. The van der Waals surface area contributed by atoms with Crippen molar-refractivity contribution in [2.75, 3.05) is 13.7 Å². The van der Waals surface area contributed by atoms with E-state index in [1.54, 1.807) is 7.11 Å². The number of hydrogen-bond acceptors (Lipinski definition) is 3. The highest BCUT2D eigenvalue weighted by Crippen LogP contribution is 2.29. The van der Waals surface area contributed by atoms with E-state index in [0.717, 1.165) is 23.5 Å². The Balaban J connectivity index is 2.93. The Labute approximate surface area is 97.6 Å². The van der Waals surface area contributed by atoms with Crippen LogP contribution in [0, 0.1) is 0 Å². The molecular formula is C13H21NO2. The predicted molar refractivity (Wildman–Crippen MR) is 66.1 cm³/mol. The van der Waals surface area contributed by atoms with Crippen LogP contribution < -0.4 is 15.2 Å². The summed E-state index contributed by atoms with van der Waals surface area (Å²) < 4.78 is 10.7. The van der Waals surface area contributed by atoms with Gasteiger partial charge in [-0.05, 0) is 44.9 Å². The van der Waals surface area contributed by atoms with E-state index in [1.165, 1.54) is 0 Å². The highest BCUT2D eigenvalue weighted by atomic mass is 16.5. The Morgan fingerprint density at radius 2 is 1.94 bits per heavy atom. The van der Waals surface area contributed by atoms with Gasteiger partial charge in [-0.25, -0.2) is 0 Å². The number of ether oxygens (including phenoxy) is 2. The Bertz CT molecular complexity index is 342. The zero-order valence-corrected chi connectivity index (χ0v) is 10.5. The summed E-state index contributed by atoms with van der Waals surface area (Å²) in [5.41, 5.74) is 6.94. The standard InChI is InChI=1S/C13H21NO2/c1-5-16-12-8-10(9-13(2,3)14)6-7-11(12)15-4/h6-8H,5,9,14H2,1-4H3. The number of hydrogen-bond donors (Lipinski definition) is 1. The van der Waals surface area contributed by atoms with Crippen LogP contribution in [-0.2, 0) is 6.42 Å². The van der Waals surface area contributed by atoms with Gasteiger partial charge in [0.15, 0.2) is 11.5 Å². The van der Waals surface area contributed by atoms with Crippen LogP contribution in [0.3, 0.4) is 0 Å². The fourth-order valence-corrected chi connectivity index (χ4v) is 1.63. The second kappa shape index (κ2) is 5.21. The quantitative estimate of drug-likeness (QED) is 0.833. The molecule has 0 saturated carbocycles. The zero-order valence-electron chi connectivity index (χ0n) is 10.5. The zero-order chi connectivity index (χ0) is 12.2. The van der Waals surface area contributed by atoms with Gasteiger partial charge < -0.3 is 15.2 Å². The van der Waals surface area contributed by atoms with Crippen molar-refractivity contribution < 1.29 is 9.47 Å². The molecule has 0 unspecified atom stereocenters. The van der Waals surface area contributed by atoms with Crippen molar-refractivity contribution in [1.29, 1.82) is 0 Å². The molecule has 0 fully saturated rings. The maximum Gasteiger partial charge on any atom is 0.161 e. The van der Waals surface area contributed by atoms with Gasteiger partial charge in [0, 0.05) is 5.54 Å². The third kappa shape index (κ3) is 3.74. The number of benzene rings is 1. The van der Waals surface area contributed by atoms with Crippen molar-refractivity contribution in [2.24, 2.45) is 5.73 Å². The van der Waals surface area contributed by atoms with Gasteiger partial charge in [-0.3, -0.25) is 0 Å². The highest BCUT2D eigenvalue weighted by Gasteiger charge is 2.13. The van der Waals surface area contributed by atoms with Crippen LogP contribution in [0.1, 0.15) is 26.3 Å². The molecule has 0 heterocycles. The van der Waals surface area contributed by atoms with Gasteiger partial charge in [0.2, 0.25) is 0 Å². The van der Waals surface area contributed by atoms with Crippen LogP contribution in [-0.4, -0.2) is 19.3 Å². The lowest BCUT2D eigenvalue weighted by Gasteiger charge is -2.19. The van der Waals surface area contributed by atoms with Crippen molar-refractivity contribution in [3.8, 4) is 11.5 Å². The molecular weight excluding hydrogens is 202 g/mol. The summed E-state index contributed by atoms with van der Waals surface area (Å²) in [6.07, 6.45) is 0.817. The molecule has 0 bridgehead atoms. The van der Waals surface area contributed by atoms with Gasteiger partial charge in [0.1, 0.15) is 0 Å². The Morgan fingerprint density at radius 1 is 1.25 bits per heavy atom. The van der Waals surface area contributed by atoms with E-state index in [-0.39, 0.29) is 5.54 Å². The van der Waals surface area contributed by atoms with Crippen molar-refractivity contribution in [3.63, 3.8) is 0 Å². The van der Waals surface area contributed by atoms with Crippen LogP contribution in [0.2, 0.25) is 0 Å². The maximum absolute atomic E-state index is 5.99. The lowest BCUT2D eigenvalue weighted by molar-refractivity contribution is 0.310. The molecule has 0 atom stereocenters. The van der Waals surface area contributed by atoms with E-state index >= 15 is 0 Å². The first-order valence-corrected chi connectivity index (χ1v) is 5.55. The van der Waals surface area contributed by atoms with Crippen LogP contribution in [0.25, 0.3) is 0 Å². The third-order valence-corrected chi connectivity index (χ3v) is 2.19. The minimum absolute atomic E-state index is 0.210. The van der Waals surface area contributed by atoms with Gasteiger partial charge in [-0.15, -0.1) is 0 Å². The molecule has 0 aromatic heterocycles. The van der Waals surface area contributed by atoms with Gasteiger partial charge in [-0.1, -0.05) is 6.07 Å². The Morgan fingerprint density at radius 3 is 2.44 bits per heavy atom. The molecule has 1 aromatic carbocycles. The average Bonchev–Trinajstić information content (AvgIpc) is 2.16. The number of rotatable bonds is 5. The minimum atomic E-state index is -0.210. The molecule has 2 N–H and O–H groups in total. The van der Waals surface area contributed by atoms with E-state index in [4.69, 9.17) is 15.2 Å². The molecule has 0 amide bonds. The smallest absolute Gasteiger partial charge is 0.161 e. The number of methoxy groups -OCH3 is 1. The lowest BCUT2D eigenvalue weighted by atomic mass is 9.96. The molecule has 1 rings (SSSR count). The first kappa shape index (κ1) is 12.8. The van der Waals surface area contributed by atoms with Crippen LogP contribution >= 0.6 is 0 Å². The summed E-state index contributed by atoms with van der Waals surface area (Å²) in [5.74, 6) is 1.55. The topological polar surface area (TPSA) is 44.5 Å². The average molecular weight is 223 g/mol. The molecule has 0 saturated heterocycles. The third-order valence-electron chi connectivity index (χ3n) is 2.19. The Kier molecular flexibility index (Phi) is 4.19. The van der Waals surface area contributed by atoms with Gasteiger partial charge in [0.25, 0.3) is 0 Å². The second-order valence-corrected chi connectivity index (χ2v) is 4.58. The van der Waals surface area contributed by atoms with Gasteiger partial charge in [0.05, 0.1) is 13.7 Å². The monoisotopic (exact) mass is 223 g/mol. The summed E-state index contributed by atoms with van der Waals surface area (Å²) >= 11 is 0. The van der Waals surface area contributed by atoms with Crippen LogP contribution in [0.15, 0.2) is 18.2 Å². The number of nitrogens with two attached hydrogens (primary N) is 1. The summed E-state index contributed by atoms with van der Waals surface area (Å²) in [4.78, 5) is 0. The van der Waals surface area contributed by atoms with E-state index in [9.17, 15) is 0 Å². The molecule has 1 aromatic rings. The summed E-state index contributed by atoms with van der Waals surface area (Å²) in [7, 11) is 1.64. The molecule has 0 aliphatic heterocycles. The lowest BCUT2D eigenvalue weighted by Crippen LogP contribution is -2.34. The first-order chi connectivity index (χ1) is 7.46. The maximum atomic E-state index is 5.99. The normalized spacial score (nSPS) is 11.3. The fraction of sp³-hybridized carbons (Fsp3) is 0.538. The van der Waals surface area contributed by atoms with Gasteiger partial charge >= 0.3 is 0 Å². The highest BCUT2D eigenvalue weighted by molar-refractivity contribution is 5.43. The molecule has 0 aliphatic carbocycles. The minimum Gasteiger partial charge on any atom is -0.493 e. The van der Waals surface area contributed by atoms with Crippen molar-refractivity contribution in [1.82, 2.24) is 0 Å². The molecule has 0 radical (unpaired) electrons. The summed E-state index contributed by atoms with van der Waals surface area (Å²) in [6, 6.07) is 5.94. The van der Waals surface area contributed by atoms with Crippen LogP contribution in [0.5, 0.6) is 11.5 Å². The van der Waals surface area contributed by atoms with Crippen molar-refractivity contribution in [3.05, 3.63) is 23.8 Å². The van der Waals surface area contributed by atoms with E-state index < -0.39 is 0 Å². The second-order valence-electron chi connectivity index (χ2n) is 4.58. The molecule has 3 nitrogen and oxygen atoms in total. The van der Waals surface area contributed by atoms with Gasteiger partial charge in [-0.2, -0.15) is 0 Å². The van der Waals surface area contributed by atoms with Crippen LogP contribution in [0.4, 0.5) is 0 Å². The first-order valence-electron chi connectivity index (χ1n) is 5.55.